The number of rotatable bonds is 6. The first-order chi connectivity index (χ1) is 10.7. The predicted molar refractivity (Wildman–Crippen MR) is 110 cm³/mol. The molecule has 1 aliphatic heterocycles. The molecule has 0 aromatic carbocycles. The first-order valence-corrected chi connectivity index (χ1v) is 9.22. The highest BCUT2D eigenvalue weighted by molar-refractivity contribution is 14.0. The molecule has 1 fully saturated rings. The Kier molecular flexibility index (Phi) is 9.38. The quantitative estimate of drug-likeness (QED) is 0.411. The van der Waals surface area contributed by atoms with Gasteiger partial charge in [0.25, 0.3) is 0 Å². The van der Waals surface area contributed by atoms with Crippen molar-refractivity contribution in [2.75, 3.05) is 33.2 Å². The van der Waals surface area contributed by atoms with Crippen LogP contribution in [0.25, 0.3) is 0 Å². The number of aromatic nitrogens is 1. The second kappa shape index (κ2) is 10.5. The van der Waals surface area contributed by atoms with E-state index in [4.69, 9.17) is 0 Å². The number of guanidine groups is 1. The molecule has 2 heterocycles. The van der Waals surface area contributed by atoms with Crippen LogP contribution in [0.1, 0.15) is 37.9 Å². The lowest BCUT2D eigenvalue weighted by molar-refractivity contribution is 0.223. The van der Waals surface area contributed by atoms with Gasteiger partial charge >= 0.3 is 0 Å². The summed E-state index contributed by atoms with van der Waals surface area (Å²) in [5.74, 6) is 1.00. The van der Waals surface area contributed by atoms with Crippen LogP contribution in [0.15, 0.2) is 10.4 Å². The van der Waals surface area contributed by atoms with Crippen molar-refractivity contribution in [2.24, 2.45) is 4.99 Å². The lowest BCUT2D eigenvalue weighted by atomic mass is 10.2. The summed E-state index contributed by atoms with van der Waals surface area (Å²) in [7, 11) is 1.87. The van der Waals surface area contributed by atoms with Gasteiger partial charge in [-0.3, -0.25) is 9.89 Å². The molecule has 5 nitrogen and oxygen atoms in total. The Bertz CT molecular complexity index is 487. The number of aryl methyl sites for hydroxylation is 1. The van der Waals surface area contributed by atoms with E-state index in [1.165, 1.54) is 11.4 Å². The maximum atomic E-state index is 4.61. The van der Waals surface area contributed by atoms with Gasteiger partial charge in [0, 0.05) is 31.6 Å². The zero-order valence-electron chi connectivity index (χ0n) is 14.7. The van der Waals surface area contributed by atoms with Crippen LogP contribution in [0.3, 0.4) is 0 Å². The summed E-state index contributed by atoms with van der Waals surface area (Å²) in [5, 5.41) is 6.81. The molecule has 1 aromatic heterocycles. The third kappa shape index (κ3) is 5.56. The van der Waals surface area contributed by atoms with E-state index in [9.17, 15) is 0 Å². The van der Waals surface area contributed by atoms with E-state index in [0.29, 0.717) is 6.04 Å². The molecule has 1 aliphatic rings. The van der Waals surface area contributed by atoms with Gasteiger partial charge in [-0.2, -0.15) is 0 Å². The molecule has 1 N–H and O–H groups in total. The van der Waals surface area contributed by atoms with Crippen LogP contribution >= 0.6 is 35.3 Å². The van der Waals surface area contributed by atoms with Crippen LogP contribution in [0.4, 0.5) is 0 Å². The van der Waals surface area contributed by atoms with E-state index >= 15 is 0 Å². The van der Waals surface area contributed by atoms with Gasteiger partial charge in [0.1, 0.15) is 0 Å². The lowest BCUT2D eigenvalue weighted by Crippen LogP contribution is -2.43. The van der Waals surface area contributed by atoms with E-state index in [0.717, 1.165) is 50.8 Å². The molecule has 0 saturated carbocycles. The maximum Gasteiger partial charge on any atom is 0.194 e. The van der Waals surface area contributed by atoms with Crippen molar-refractivity contribution in [1.29, 1.82) is 0 Å². The Balaban J connectivity index is 0.00000264. The summed E-state index contributed by atoms with van der Waals surface area (Å²) in [6.45, 7) is 11.8. The number of nitrogens with one attached hydrogen (secondary N) is 1. The molecule has 1 unspecified atom stereocenters. The monoisotopic (exact) mass is 451 g/mol. The Hall–Kier alpha value is -0.410. The molecule has 1 saturated heterocycles. The number of hydrogen-bond donors (Lipinski definition) is 1. The minimum absolute atomic E-state index is 0. The molecule has 132 valence electrons. The van der Waals surface area contributed by atoms with Crippen LogP contribution in [0, 0.1) is 0 Å². The van der Waals surface area contributed by atoms with E-state index in [1.54, 1.807) is 11.3 Å². The topological polar surface area (TPSA) is 43.8 Å². The maximum absolute atomic E-state index is 4.61. The summed E-state index contributed by atoms with van der Waals surface area (Å²) in [6, 6.07) is 0.652. The minimum atomic E-state index is 0. The number of thiazole rings is 1. The first-order valence-electron chi connectivity index (χ1n) is 8.34. The van der Waals surface area contributed by atoms with Gasteiger partial charge < -0.3 is 10.2 Å². The van der Waals surface area contributed by atoms with Crippen LogP contribution in [-0.2, 0) is 13.0 Å². The number of aliphatic imine (C=N–C) groups is 1. The molecule has 0 aliphatic carbocycles. The molecule has 23 heavy (non-hydrogen) atoms. The normalized spacial score (nSPS) is 18.4. The van der Waals surface area contributed by atoms with E-state index in [-0.39, 0.29) is 24.0 Å². The van der Waals surface area contributed by atoms with Crippen LogP contribution in [-0.4, -0.2) is 60.0 Å². The largest absolute Gasteiger partial charge is 0.351 e. The number of likely N-dealkylation sites (tertiary alicyclic amines) is 1. The molecular weight excluding hydrogens is 421 g/mol. The third-order valence-corrected chi connectivity index (χ3v) is 5.37. The van der Waals surface area contributed by atoms with Crippen LogP contribution in [0.5, 0.6) is 0 Å². The van der Waals surface area contributed by atoms with Gasteiger partial charge in [-0.25, -0.2) is 4.98 Å². The van der Waals surface area contributed by atoms with E-state index < -0.39 is 0 Å². The Morgan fingerprint density at radius 2 is 2.17 bits per heavy atom. The van der Waals surface area contributed by atoms with Gasteiger partial charge in [-0.1, -0.05) is 20.8 Å². The molecule has 7 heteroatoms. The van der Waals surface area contributed by atoms with Crippen molar-refractivity contribution in [3.8, 4) is 0 Å². The SMILES string of the molecule is CCc1nc(CNC(=NC)N2CCC(N(CC)CC)C2)cs1.I. The number of halogens is 1. The fraction of sp³-hybridized carbons (Fsp3) is 0.750. The molecule has 0 bridgehead atoms. The van der Waals surface area contributed by atoms with Gasteiger partial charge in [-0.15, -0.1) is 35.3 Å². The van der Waals surface area contributed by atoms with E-state index in [1.807, 2.05) is 7.05 Å². The van der Waals surface area contributed by atoms with Crippen molar-refractivity contribution < 1.29 is 0 Å². The fourth-order valence-corrected chi connectivity index (χ4v) is 3.81. The van der Waals surface area contributed by atoms with Crippen molar-refractivity contribution in [3.05, 3.63) is 16.1 Å². The van der Waals surface area contributed by atoms with Gasteiger partial charge in [0.2, 0.25) is 0 Å². The number of nitrogens with zero attached hydrogens (tertiary/aromatic N) is 4. The molecular formula is C16H30IN5S. The van der Waals surface area contributed by atoms with Gasteiger partial charge in [0.15, 0.2) is 5.96 Å². The average Bonchev–Trinajstić information content (AvgIpc) is 3.19. The smallest absolute Gasteiger partial charge is 0.194 e. The van der Waals surface area contributed by atoms with E-state index in [2.05, 4.69) is 51.2 Å². The molecule has 0 amide bonds. The Labute approximate surface area is 161 Å². The highest BCUT2D eigenvalue weighted by Crippen LogP contribution is 2.16. The highest BCUT2D eigenvalue weighted by Gasteiger charge is 2.27. The molecule has 1 aromatic rings. The molecule has 0 spiro atoms. The summed E-state index contributed by atoms with van der Waals surface area (Å²) >= 11 is 1.74. The second-order valence-electron chi connectivity index (χ2n) is 5.60. The van der Waals surface area contributed by atoms with Crippen LogP contribution < -0.4 is 5.32 Å². The Morgan fingerprint density at radius 3 is 2.74 bits per heavy atom. The Morgan fingerprint density at radius 1 is 1.43 bits per heavy atom. The molecule has 1 atom stereocenters. The van der Waals surface area contributed by atoms with Crippen molar-refractivity contribution in [2.45, 2.75) is 46.2 Å². The minimum Gasteiger partial charge on any atom is -0.351 e. The lowest BCUT2D eigenvalue weighted by Gasteiger charge is -2.27. The summed E-state index contributed by atoms with van der Waals surface area (Å²) < 4.78 is 0. The summed E-state index contributed by atoms with van der Waals surface area (Å²) in [5.41, 5.74) is 1.11. The zero-order valence-corrected chi connectivity index (χ0v) is 17.9. The molecule has 0 radical (unpaired) electrons. The predicted octanol–water partition coefficient (Wildman–Crippen LogP) is 2.82. The summed E-state index contributed by atoms with van der Waals surface area (Å²) in [4.78, 5) is 14.0. The van der Waals surface area contributed by atoms with Crippen molar-refractivity contribution >= 4 is 41.3 Å². The fourth-order valence-electron chi connectivity index (χ4n) is 3.07. The molecule has 2 rings (SSSR count). The first kappa shape index (κ1) is 20.6. The highest BCUT2D eigenvalue weighted by atomic mass is 127. The van der Waals surface area contributed by atoms with Crippen LogP contribution in [0.2, 0.25) is 0 Å². The zero-order chi connectivity index (χ0) is 15.9. The number of hydrogen-bond acceptors (Lipinski definition) is 4. The standard InChI is InChI=1S/C16H29N5S.HI/c1-5-15-19-13(12-22-15)10-18-16(17-4)21-9-8-14(11-21)20(6-2)7-3;/h12,14H,5-11H2,1-4H3,(H,17,18);1H. The second-order valence-corrected chi connectivity index (χ2v) is 6.54. The van der Waals surface area contributed by atoms with Crippen molar-refractivity contribution in [1.82, 2.24) is 20.1 Å². The van der Waals surface area contributed by atoms with Gasteiger partial charge in [0.05, 0.1) is 17.2 Å². The third-order valence-electron chi connectivity index (χ3n) is 4.33. The average molecular weight is 451 g/mol. The summed E-state index contributed by atoms with van der Waals surface area (Å²) in [6.07, 6.45) is 2.23. The number of likely N-dealkylation sites (N-methyl/N-ethyl adjacent to an activating group) is 1. The van der Waals surface area contributed by atoms with Crippen molar-refractivity contribution in [3.63, 3.8) is 0 Å². The van der Waals surface area contributed by atoms with Gasteiger partial charge in [-0.05, 0) is 25.9 Å².